The van der Waals surface area contributed by atoms with E-state index >= 15 is 0 Å². The van der Waals surface area contributed by atoms with Gasteiger partial charge in [-0.3, -0.25) is 4.90 Å². The van der Waals surface area contributed by atoms with Crippen molar-refractivity contribution >= 4 is 42.3 Å². The molecule has 0 saturated carbocycles. The first-order valence-electron chi connectivity index (χ1n) is 29.3. The van der Waals surface area contributed by atoms with Crippen molar-refractivity contribution in [2.75, 3.05) is 52.6 Å². The van der Waals surface area contributed by atoms with E-state index in [4.69, 9.17) is 28.4 Å². The lowest BCUT2D eigenvalue weighted by Gasteiger charge is -2.50. The molecular weight excluding hydrogens is 1060 g/mol. The van der Waals surface area contributed by atoms with E-state index in [0.29, 0.717) is 103 Å². The van der Waals surface area contributed by atoms with E-state index in [2.05, 4.69) is 34.4 Å². The summed E-state index contributed by atoms with van der Waals surface area (Å²) in [7, 11) is 0. The maximum absolute atomic E-state index is 13.7. The van der Waals surface area contributed by atoms with Crippen LogP contribution in [0, 0.1) is 0 Å². The largest absolute Gasteiger partial charge is 0.460 e. The number of hydrogen-bond donors (Lipinski definition) is 7. The Morgan fingerprint density at radius 3 is 1.45 bits per heavy atom. The highest BCUT2D eigenvalue weighted by Gasteiger charge is 2.48. The van der Waals surface area contributed by atoms with Crippen LogP contribution in [0.5, 0.6) is 0 Å². The van der Waals surface area contributed by atoms with Crippen molar-refractivity contribution in [1.29, 1.82) is 0 Å². The summed E-state index contributed by atoms with van der Waals surface area (Å²) < 4.78 is 32.2. The molecule has 0 aromatic carbocycles. The fraction of sp³-hybridized carbons (Fsp3) is 0.810. The summed E-state index contributed by atoms with van der Waals surface area (Å²) in [6.07, 6.45) is 9.06. The van der Waals surface area contributed by atoms with E-state index in [1.54, 1.807) is 13.8 Å². The van der Waals surface area contributed by atoms with Crippen molar-refractivity contribution in [3.05, 3.63) is 25.3 Å². The predicted molar refractivity (Wildman–Crippen MR) is 307 cm³/mol. The zero-order chi connectivity index (χ0) is 62.0. The summed E-state index contributed by atoms with van der Waals surface area (Å²) in [5, 5.41) is 46.2. The Bertz CT molecular complexity index is 2010. The molecule has 2 heterocycles. The number of amides is 7. The van der Waals surface area contributed by atoms with Crippen molar-refractivity contribution < 1.29 is 77.5 Å². The van der Waals surface area contributed by atoms with Crippen LogP contribution in [0.25, 0.3) is 0 Å². The van der Waals surface area contributed by atoms with E-state index in [1.807, 2.05) is 69.2 Å². The van der Waals surface area contributed by atoms with Crippen LogP contribution in [0.4, 0.5) is 24.0 Å². The number of rotatable bonds is 35. The summed E-state index contributed by atoms with van der Waals surface area (Å²) in [4.78, 5) is 91.3. The van der Waals surface area contributed by atoms with Gasteiger partial charge >= 0.3 is 42.3 Å². The second kappa shape index (κ2) is 34.5. The van der Waals surface area contributed by atoms with E-state index in [0.717, 1.165) is 47.6 Å². The smallest absolute Gasteiger partial charge is 0.418 e. The summed E-state index contributed by atoms with van der Waals surface area (Å²) in [5.41, 5.74) is -3.73. The topological polar surface area (TPSA) is 297 Å². The molecule has 0 aromatic rings. The molecule has 1 unspecified atom stereocenters. The molecule has 2 aliphatic rings. The molecular formula is C58H104N8O16. The molecule has 7 N–H and O–H groups in total. The van der Waals surface area contributed by atoms with E-state index < -0.39 is 81.9 Å². The van der Waals surface area contributed by atoms with Gasteiger partial charge in [-0.15, -0.1) is 0 Å². The Hall–Kier alpha value is -5.27. The van der Waals surface area contributed by atoms with Gasteiger partial charge in [0.1, 0.15) is 32.0 Å². The quantitative estimate of drug-likeness (QED) is 0.0102. The van der Waals surface area contributed by atoms with Gasteiger partial charge in [-0.25, -0.2) is 38.5 Å². The Morgan fingerprint density at radius 2 is 0.963 bits per heavy atom. The summed E-state index contributed by atoms with van der Waals surface area (Å²) in [6, 6.07) is -1.19. The number of aliphatic hydroxyl groups is 1. The number of piperidine rings is 2. The van der Waals surface area contributed by atoms with Gasteiger partial charge in [0.05, 0.1) is 12.1 Å². The first-order valence-corrected chi connectivity index (χ1v) is 29.3. The van der Waals surface area contributed by atoms with Crippen LogP contribution >= 0.6 is 0 Å². The van der Waals surface area contributed by atoms with Gasteiger partial charge < -0.3 is 65.2 Å². The standard InChI is InChI=1S/C58H104N8O16/c1-15-45(67)77-35-37-79-51(73)63(34-28-22-21-27-33-61-49(71)81-43-39-55(7,8)65(75)56(9,10)40-43)47(69)59-31-25-20-18-24-30-54(5,6)64(52(74)80-38-36-78-46(68)16-2)48(70)60-32-26-19-17-23-29-53(3,4)62-50(72)82-44-41-57(11,12)66(76)58(13,14)42-44/h15-16,43-44,51,73,75-76H,1-2,17-42H2,3-14H3,(H,59,69)(H,60,70)(H,61,71)(H,62,72). The highest BCUT2D eigenvalue weighted by Crippen LogP contribution is 2.39. The highest BCUT2D eigenvalue weighted by molar-refractivity contribution is 5.92. The number of carbonyl (C=O) groups excluding carboxylic acids is 7. The SMILES string of the molecule is C=CC(=O)OCCOC(=O)N(C(=O)NCCCCCCC(C)(C)NC(=O)OC1CC(C)(C)N(O)C(C)(C)C1)C(C)(C)CCCCCCNC(=O)N(CCCCCCNC(=O)OC1CC(C)(C)N(O)C(C)(C)C1)C(O)OCCOC(=O)C=C. The maximum atomic E-state index is 13.7. The minimum Gasteiger partial charge on any atom is -0.460 e. The van der Waals surface area contributed by atoms with Crippen LogP contribution in [0.2, 0.25) is 0 Å². The fourth-order valence-electron chi connectivity index (χ4n) is 10.7. The fourth-order valence-corrected chi connectivity index (χ4v) is 10.7. The van der Waals surface area contributed by atoms with Crippen molar-refractivity contribution in [1.82, 2.24) is 41.2 Å². The molecule has 7 amide bonds. The van der Waals surface area contributed by atoms with Gasteiger partial charge in [0, 0.05) is 91.7 Å². The molecule has 1 atom stereocenters. The zero-order valence-corrected chi connectivity index (χ0v) is 51.6. The molecule has 472 valence electrons. The highest BCUT2D eigenvalue weighted by atomic mass is 16.6. The summed E-state index contributed by atoms with van der Waals surface area (Å²) in [5.74, 6) is -1.33. The number of esters is 2. The molecule has 0 radical (unpaired) electrons. The van der Waals surface area contributed by atoms with Gasteiger partial charge in [0.25, 0.3) is 0 Å². The average Bonchev–Trinajstić information content (AvgIpc) is 3.48. The number of urea groups is 2. The van der Waals surface area contributed by atoms with E-state index in [-0.39, 0.29) is 51.7 Å². The number of unbranched alkanes of at least 4 members (excludes halogenated alkanes) is 9. The van der Waals surface area contributed by atoms with E-state index in [1.165, 1.54) is 10.1 Å². The van der Waals surface area contributed by atoms with Gasteiger partial charge in [-0.05, 0) is 122 Å². The monoisotopic (exact) mass is 1170 g/mol. The molecule has 2 rings (SSSR count). The molecule has 82 heavy (non-hydrogen) atoms. The number of alkyl carbamates (subject to hydrolysis) is 2. The number of hydrogen-bond acceptors (Lipinski definition) is 18. The van der Waals surface area contributed by atoms with Gasteiger partial charge in [0.2, 0.25) is 6.41 Å². The van der Waals surface area contributed by atoms with Gasteiger partial charge in [0.15, 0.2) is 0 Å². The molecule has 0 aliphatic carbocycles. The molecule has 24 heteroatoms. The number of ether oxygens (including phenoxy) is 6. The third-order valence-electron chi connectivity index (χ3n) is 14.8. The number of hydroxylamine groups is 4. The van der Waals surface area contributed by atoms with Crippen molar-refractivity contribution in [3.63, 3.8) is 0 Å². The van der Waals surface area contributed by atoms with Crippen LogP contribution in [0.1, 0.15) is 199 Å². The second-order valence-electron chi connectivity index (χ2n) is 25.3. The lowest BCUT2D eigenvalue weighted by molar-refractivity contribution is -0.256. The van der Waals surface area contributed by atoms with Crippen molar-refractivity contribution in [2.24, 2.45) is 0 Å². The minimum atomic E-state index is -1.63. The van der Waals surface area contributed by atoms with Gasteiger partial charge in [-0.2, -0.15) is 10.1 Å². The number of carbonyl (C=O) groups is 7. The van der Waals surface area contributed by atoms with Crippen molar-refractivity contribution in [3.8, 4) is 0 Å². The first-order chi connectivity index (χ1) is 38.2. The summed E-state index contributed by atoms with van der Waals surface area (Å²) >= 11 is 0. The third kappa shape index (κ3) is 26.5. The molecule has 2 saturated heterocycles. The van der Waals surface area contributed by atoms with Crippen molar-refractivity contribution in [2.45, 2.75) is 251 Å². The van der Waals surface area contributed by atoms with Gasteiger partial charge in [-0.1, -0.05) is 64.5 Å². The van der Waals surface area contributed by atoms with E-state index in [9.17, 15) is 49.1 Å². The third-order valence-corrected chi connectivity index (χ3v) is 14.8. The zero-order valence-electron chi connectivity index (χ0n) is 51.6. The van der Waals surface area contributed by atoms with Crippen LogP contribution < -0.4 is 21.3 Å². The van der Waals surface area contributed by atoms with Crippen LogP contribution in [0.3, 0.4) is 0 Å². The normalized spacial score (nSPS) is 17.5. The number of nitrogens with one attached hydrogen (secondary N) is 4. The molecule has 0 spiro atoms. The second-order valence-corrected chi connectivity index (χ2v) is 25.3. The minimum absolute atomic E-state index is 0.148. The Labute approximate surface area is 487 Å². The Morgan fingerprint density at radius 1 is 0.561 bits per heavy atom. The molecule has 2 aliphatic heterocycles. The molecule has 2 fully saturated rings. The number of imide groups is 1. The average molecular weight is 1170 g/mol. The van der Waals surface area contributed by atoms with Crippen LogP contribution in [-0.2, 0) is 38.0 Å². The maximum Gasteiger partial charge on any atom is 0.418 e. The molecule has 0 aromatic heterocycles. The lowest BCUT2D eigenvalue weighted by Crippen LogP contribution is -2.61. The summed E-state index contributed by atoms with van der Waals surface area (Å²) in [6.45, 7) is 29.7. The predicted octanol–water partition coefficient (Wildman–Crippen LogP) is 9.19. The first kappa shape index (κ1) is 72.8. The molecule has 0 bridgehead atoms. The van der Waals surface area contributed by atoms with Crippen LogP contribution in [0.15, 0.2) is 25.3 Å². The molecule has 24 nitrogen and oxygen atoms in total. The number of nitrogens with zero attached hydrogens (tertiary/aromatic N) is 4. The van der Waals surface area contributed by atoms with Crippen LogP contribution in [-0.4, -0.2) is 182 Å². The number of aliphatic hydroxyl groups excluding tert-OH is 1. The Balaban J connectivity index is 1.85. The Kier molecular flexibility index (Phi) is 30.6. The lowest BCUT2D eigenvalue weighted by atomic mass is 9.80.